The Hall–Kier alpha value is -1.20. The summed E-state index contributed by atoms with van der Waals surface area (Å²) >= 11 is 1.72. The number of nitrogens with zero attached hydrogens (tertiary/aromatic N) is 2. The fourth-order valence-corrected chi connectivity index (χ4v) is 4.60. The summed E-state index contributed by atoms with van der Waals surface area (Å²) in [4.78, 5) is 17.0. The number of carbonyl (C=O) groups is 1. The summed E-state index contributed by atoms with van der Waals surface area (Å²) in [7, 11) is 1.69. The van der Waals surface area contributed by atoms with E-state index in [0.29, 0.717) is 0 Å². The molecule has 0 radical (unpaired) electrons. The molecular weight excluding hydrogens is 296 g/mol. The van der Waals surface area contributed by atoms with E-state index in [0.717, 1.165) is 24.4 Å². The van der Waals surface area contributed by atoms with Gasteiger partial charge in [-0.2, -0.15) is 0 Å². The molecule has 1 aromatic carbocycles. The minimum absolute atomic E-state index is 0.0218. The molecule has 5 heteroatoms. The molecule has 0 aromatic heterocycles. The van der Waals surface area contributed by atoms with Crippen molar-refractivity contribution in [1.82, 2.24) is 9.80 Å². The lowest BCUT2D eigenvalue weighted by Crippen LogP contribution is -2.37. The number of likely N-dealkylation sites (tertiary alicyclic amines) is 1. The van der Waals surface area contributed by atoms with Crippen LogP contribution in [-0.4, -0.2) is 54.2 Å². The molecule has 0 saturated carbocycles. The van der Waals surface area contributed by atoms with Crippen LogP contribution in [0.15, 0.2) is 24.3 Å². The Balaban J connectivity index is 1.76. The number of ether oxygens (including phenoxy) is 1. The van der Waals surface area contributed by atoms with Gasteiger partial charge >= 0.3 is 0 Å². The van der Waals surface area contributed by atoms with Crippen molar-refractivity contribution in [2.75, 3.05) is 33.3 Å². The van der Waals surface area contributed by atoms with E-state index < -0.39 is 0 Å². The van der Waals surface area contributed by atoms with Crippen molar-refractivity contribution < 1.29 is 9.53 Å². The first-order chi connectivity index (χ1) is 10.7. The Morgan fingerprint density at radius 1 is 1.23 bits per heavy atom. The highest BCUT2D eigenvalue weighted by atomic mass is 32.2. The molecule has 0 unspecified atom stereocenters. The first-order valence-corrected chi connectivity index (χ1v) is 8.96. The molecule has 2 aliphatic heterocycles. The molecule has 2 heterocycles. The smallest absolute Gasteiger partial charge is 0.236 e. The maximum atomic E-state index is 12.5. The molecule has 2 fully saturated rings. The van der Waals surface area contributed by atoms with Crippen molar-refractivity contribution >= 4 is 17.7 Å². The number of hydrogen-bond donors (Lipinski definition) is 0. The second kappa shape index (κ2) is 6.92. The van der Waals surface area contributed by atoms with E-state index in [1.807, 2.05) is 30.0 Å². The van der Waals surface area contributed by atoms with E-state index >= 15 is 0 Å². The van der Waals surface area contributed by atoms with Gasteiger partial charge in [0, 0.05) is 18.7 Å². The molecular formula is C17H24N2O2S. The third-order valence-corrected chi connectivity index (χ3v) is 5.88. The van der Waals surface area contributed by atoms with Gasteiger partial charge in [-0.1, -0.05) is 18.2 Å². The largest absolute Gasteiger partial charge is 0.496 e. The van der Waals surface area contributed by atoms with E-state index in [2.05, 4.69) is 11.0 Å². The molecule has 2 aliphatic rings. The predicted octanol–water partition coefficient (Wildman–Crippen LogP) is 2.75. The Kier molecular flexibility index (Phi) is 4.93. The number of amides is 1. The fraction of sp³-hybridized carbons (Fsp3) is 0.588. The number of para-hydroxylation sites is 1. The normalized spacial score (nSPS) is 25.9. The molecule has 2 saturated heterocycles. The lowest BCUT2D eigenvalue weighted by Gasteiger charge is -2.27. The molecule has 4 nitrogen and oxygen atoms in total. The zero-order valence-electron chi connectivity index (χ0n) is 13.3. The number of carbonyl (C=O) groups excluding carboxylic acids is 1. The predicted molar refractivity (Wildman–Crippen MR) is 90.2 cm³/mol. The van der Waals surface area contributed by atoms with Gasteiger partial charge in [-0.3, -0.25) is 4.79 Å². The van der Waals surface area contributed by atoms with Crippen LogP contribution in [0.25, 0.3) is 0 Å². The van der Waals surface area contributed by atoms with Crippen LogP contribution in [0.3, 0.4) is 0 Å². The Labute approximate surface area is 136 Å². The maximum Gasteiger partial charge on any atom is 0.236 e. The van der Waals surface area contributed by atoms with Crippen LogP contribution in [0, 0.1) is 0 Å². The van der Waals surface area contributed by atoms with Gasteiger partial charge in [0.1, 0.15) is 11.1 Å². The molecule has 0 bridgehead atoms. The van der Waals surface area contributed by atoms with Gasteiger partial charge in [0.05, 0.1) is 12.4 Å². The third kappa shape index (κ3) is 3.10. The topological polar surface area (TPSA) is 32.8 Å². The summed E-state index contributed by atoms with van der Waals surface area (Å²) in [5.41, 5.74) is 1.11. The molecule has 1 amide bonds. The quantitative estimate of drug-likeness (QED) is 0.835. The Bertz CT molecular complexity index is 531. The van der Waals surface area contributed by atoms with E-state index in [4.69, 9.17) is 4.74 Å². The first kappa shape index (κ1) is 15.7. The average Bonchev–Trinajstić information content (AvgIpc) is 3.15. The van der Waals surface area contributed by atoms with E-state index in [9.17, 15) is 4.79 Å². The van der Waals surface area contributed by atoms with Gasteiger partial charge in [0.25, 0.3) is 0 Å². The van der Waals surface area contributed by atoms with Crippen molar-refractivity contribution in [1.29, 1.82) is 0 Å². The number of rotatable bonds is 5. The van der Waals surface area contributed by atoms with Crippen LogP contribution in [0.4, 0.5) is 0 Å². The maximum absolute atomic E-state index is 12.5. The van der Waals surface area contributed by atoms with Crippen molar-refractivity contribution in [2.45, 2.75) is 30.4 Å². The van der Waals surface area contributed by atoms with Crippen molar-refractivity contribution in [2.24, 2.45) is 0 Å². The highest BCUT2D eigenvalue weighted by Gasteiger charge is 2.39. The summed E-state index contributed by atoms with van der Waals surface area (Å²) in [6, 6.07) is 8.04. The van der Waals surface area contributed by atoms with E-state index in [1.165, 1.54) is 25.9 Å². The molecule has 3 rings (SSSR count). The zero-order chi connectivity index (χ0) is 15.5. The van der Waals surface area contributed by atoms with Crippen LogP contribution in [-0.2, 0) is 4.79 Å². The van der Waals surface area contributed by atoms with Gasteiger partial charge in [-0.15, -0.1) is 11.8 Å². The Morgan fingerprint density at radius 2 is 1.95 bits per heavy atom. The third-order valence-electron chi connectivity index (χ3n) is 4.51. The lowest BCUT2D eigenvalue weighted by atomic mass is 10.1. The number of benzene rings is 1. The van der Waals surface area contributed by atoms with Gasteiger partial charge in [0.2, 0.25) is 5.91 Å². The second-order valence-corrected chi connectivity index (χ2v) is 7.38. The molecule has 0 N–H and O–H groups in total. The van der Waals surface area contributed by atoms with E-state index in [1.54, 1.807) is 18.9 Å². The van der Waals surface area contributed by atoms with Crippen molar-refractivity contribution in [3.05, 3.63) is 29.8 Å². The SMILES string of the molecule is COc1ccccc1[C@H]1S[C@H](C)C(=O)N1CCN1CCCC1. The summed E-state index contributed by atoms with van der Waals surface area (Å²) in [6.45, 7) is 6.13. The van der Waals surface area contributed by atoms with Crippen LogP contribution in [0.1, 0.15) is 30.7 Å². The van der Waals surface area contributed by atoms with Gasteiger partial charge < -0.3 is 14.5 Å². The number of methoxy groups -OCH3 is 1. The molecule has 0 spiro atoms. The van der Waals surface area contributed by atoms with Gasteiger partial charge in [-0.05, 0) is 38.9 Å². The van der Waals surface area contributed by atoms with Crippen LogP contribution in [0.5, 0.6) is 5.75 Å². The number of hydrogen-bond acceptors (Lipinski definition) is 4. The van der Waals surface area contributed by atoms with E-state index in [-0.39, 0.29) is 16.5 Å². The monoisotopic (exact) mass is 320 g/mol. The first-order valence-electron chi connectivity index (χ1n) is 8.02. The van der Waals surface area contributed by atoms with Crippen molar-refractivity contribution in [3.8, 4) is 5.75 Å². The second-order valence-electron chi connectivity index (χ2n) is 5.95. The van der Waals surface area contributed by atoms with Crippen LogP contribution in [0.2, 0.25) is 0 Å². The van der Waals surface area contributed by atoms with Gasteiger partial charge in [0.15, 0.2) is 0 Å². The standard InChI is InChI=1S/C17H24N2O2S/c1-13-16(20)19(12-11-18-9-5-6-10-18)17(22-13)14-7-3-4-8-15(14)21-2/h3-4,7-8,13,17H,5-6,9-12H2,1-2H3/t13-,17-/m1/s1. The average molecular weight is 320 g/mol. The zero-order valence-corrected chi connectivity index (χ0v) is 14.1. The fourth-order valence-electron chi connectivity index (χ4n) is 3.27. The summed E-state index contributed by atoms with van der Waals surface area (Å²) in [6.07, 6.45) is 2.57. The van der Waals surface area contributed by atoms with Crippen LogP contribution < -0.4 is 4.74 Å². The minimum Gasteiger partial charge on any atom is -0.496 e. The summed E-state index contributed by atoms with van der Waals surface area (Å²) < 4.78 is 5.49. The summed E-state index contributed by atoms with van der Waals surface area (Å²) in [5, 5.41) is 0.0924. The molecule has 22 heavy (non-hydrogen) atoms. The van der Waals surface area contributed by atoms with Crippen molar-refractivity contribution in [3.63, 3.8) is 0 Å². The Morgan fingerprint density at radius 3 is 2.68 bits per heavy atom. The van der Waals surface area contributed by atoms with Gasteiger partial charge in [-0.25, -0.2) is 0 Å². The molecule has 120 valence electrons. The molecule has 2 atom stereocenters. The highest BCUT2D eigenvalue weighted by molar-refractivity contribution is 8.01. The minimum atomic E-state index is 0.0218. The van der Waals surface area contributed by atoms with Crippen LogP contribution >= 0.6 is 11.8 Å². The molecule has 1 aromatic rings. The lowest BCUT2D eigenvalue weighted by molar-refractivity contribution is -0.130. The number of thioether (sulfide) groups is 1. The molecule has 0 aliphatic carbocycles. The summed E-state index contributed by atoms with van der Waals surface area (Å²) in [5.74, 6) is 1.12. The highest BCUT2D eigenvalue weighted by Crippen LogP contribution is 2.45.